The highest BCUT2D eigenvalue weighted by atomic mass is 16.2. The lowest BCUT2D eigenvalue weighted by Crippen LogP contribution is -2.46. The molecular weight excluding hydrogens is 190 g/mol. The molecule has 0 radical (unpaired) electrons. The molecule has 4 heteroatoms. The quantitative estimate of drug-likeness (QED) is 0.622. The van der Waals surface area contributed by atoms with Gasteiger partial charge in [0.2, 0.25) is 5.91 Å². The van der Waals surface area contributed by atoms with Gasteiger partial charge in [-0.3, -0.25) is 4.79 Å². The highest BCUT2D eigenvalue weighted by Gasteiger charge is 2.19. The Labute approximate surface area is 91.8 Å². The topological polar surface area (TPSA) is 81.1 Å². The van der Waals surface area contributed by atoms with E-state index in [1.54, 1.807) is 0 Å². The molecule has 0 aromatic heterocycles. The van der Waals surface area contributed by atoms with Gasteiger partial charge in [0.05, 0.1) is 6.04 Å². The van der Waals surface area contributed by atoms with Gasteiger partial charge < -0.3 is 16.8 Å². The fourth-order valence-corrected chi connectivity index (χ4v) is 2.02. The summed E-state index contributed by atoms with van der Waals surface area (Å²) in [5.74, 6) is -0.00431. The number of hydrogen-bond acceptors (Lipinski definition) is 3. The molecule has 1 atom stereocenters. The minimum atomic E-state index is -0.379. The van der Waals surface area contributed by atoms with Crippen molar-refractivity contribution in [2.45, 2.75) is 57.0 Å². The number of nitrogens with two attached hydrogens (primary N) is 2. The molecule has 0 aromatic rings. The first-order valence-corrected chi connectivity index (χ1v) is 6.00. The average Bonchev–Trinajstić information content (AvgIpc) is 2.27. The third-order valence-corrected chi connectivity index (χ3v) is 3.01. The summed E-state index contributed by atoms with van der Waals surface area (Å²) in [6.45, 7) is 0.602. The summed E-state index contributed by atoms with van der Waals surface area (Å²) in [6, 6.07) is -0.0225. The first kappa shape index (κ1) is 12.5. The van der Waals surface area contributed by atoms with E-state index in [1.165, 1.54) is 19.3 Å². The Morgan fingerprint density at radius 2 is 2.00 bits per heavy atom. The highest BCUT2D eigenvalue weighted by molar-refractivity contribution is 5.81. The molecule has 1 aliphatic rings. The summed E-state index contributed by atoms with van der Waals surface area (Å²) in [4.78, 5) is 11.6. The predicted molar refractivity (Wildman–Crippen MR) is 61.3 cm³/mol. The van der Waals surface area contributed by atoms with Gasteiger partial charge in [0.15, 0.2) is 0 Å². The number of amides is 1. The van der Waals surface area contributed by atoms with Gasteiger partial charge in [-0.05, 0) is 32.2 Å². The Morgan fingerprint density at radius 3 is 2.60 bits per heavy atom. The molecule has 4 nitrogen and oxygen atoms in total. The van der Waals surface area contributed by atoms with E-state index in [0.717, 1.165) is 19.3 Å². The van der Waals surface area contributed by atoms with Gasteiger partial charge in [-0.1, -0.05) is 19.3 Å². The number of rotatable bonds is 5. The highest BCUT2D eigenvalue weighted by Crippen LogP contribution is 2.17. The zero-order valence-electron chi connectivity index (χ0n) is 9.37. The zero-order chi connectivity index (χ0) is 11.1. The van der Waals surface area contributed by atoms with Crippen LogP contribution in [0.1, 0.15) is 44.9 Å². The summed E-state index contributed by atoms with van der Waals surface area (Å²) >= 11 is 0. The largest absolute Gasteiger partial charge is 0.352 e. The third kappa shape index (κ3) is 4.62. The second-order valence-electron chi connectivity index (χ2n) is 4.38. The molecule has 0 spiro atoms. The minimum Gasteiger partial charge on any atom is -0.352 e. The molecule has 0 aromatic carbocycles. The van der Waals surface area contributed by atoms with Crippen molar-refractivity contribution in [1.29, 1.82) is 0 Å². The molecule has 5 N–H and O–H groups in total. The van der Waals surface area contributed by atoms with Gasteiger partial charge in [-0.2, -0.15) is 0 Å². The second kappa shape index (κ2) is 6.80. The van der Waals surface area contributed by atoms with Crippen molar-refractivity contribution in [1.82, 2.24) is 5.32 Å². The van der Waals surface area contributed by atoms with Gasteiger partial charge in [0.1, 0.15) is 0 Å². The lowest BCUT2D eigenvalue weighted by molar-refractivity contribution is -0.123. The number of nitrogens with one attached hydrogen (secondary N) is 1. The van der Waals surface area contributed by atoms with Gasteiger partial charge in [-0.25, -0.2) is 0 Å². The van der Waals surface area contributed by atoms with E-state index in [-0.39, 0.29) is 11.9 Å². The SMILES string of the molecule is NCCCC(N)C(=O)NC1CCCCC1. The van der Waals surface area contributed by atoms with Gasteiger partial charge in [0, 0.05) is 6.04 Å². The minimum absolute atomic E-state index is 0.00431. The molecular formula is C11H23N3O. The molecule has 0 saturated heterocycles. The first-order chi connectivity index (χ1) is 7.24. The van der Waals surface area contributed by atoms with E-state index in [4.69, 9.17) is 11.5 Å². The van der Waals surface area contributed by atoms with Crippen LogP contribution < -0.4 is 16.8 Å². The maximum Gasteiger partial charge on any atom is 0.237 e. The summed E-state index contributed by atoms with van der Waals surface area (Å²) < 4.78 is 0. The molecule has 1 saturated carbocycles. The molecule has 1 aliphatic carbocycles. The molecule has 1 fully saturated rings. The second-order valence-corrected chi connectivity index (χ2v) is 4.38. The van der Waals surface area contributed by atoms with Crippen LogP contribution in [0.15, 0.2) is 0 Å². The Morgan fingerprint density at radius 1 is 1.33 bits per heavy atom. The molecule has 0 heterocycles. The van der Waals surface area contributed by atoms with Crippen LogP contribution in [0.2, 0.25) is 0 Å². The Bertz CT molecular complexity index is 190. The lowest BCUT2D eigenvalue weighted by Gasteiger charge is -2.24. The third-order valence-electron chi connectivity index (χ3n) is 3.01. The molecule has 1 amide bonds. The molecule has 0 bridgehead atoms. The van der Waals surface area contributed by atoms with Gasteiger partial charge >= 0.3 is 0 Å². The summed E-state index contributed by atoms with van der Waals surface area (Å²) in [6.07, 6.45) is 7.47. The standard InChI is InChI=1S/C11H23N3O/c12-8-4-7-10(13)11(15)14-9-5-2-1-3-6-9/h9-10H,1-8,12-13H2,(H,14,15). The van der Waals surface area contributed by atoms with Crippen LogP contribution in [0.3, 0.4) is 0 Å². The smallest absolute Gasteiger partial charge is 0.237 e. The van der Waals surface area contributed by atoms with E-state index >= 15 is 0 Å². The normalized spacial score (nSPS) is 19.9. The molecule has 15 heavy (non-hydrogen) atoms. The van der Waals surface area contributed by atoms with E-state index < -0.39 is 0 Å². The van der Waals surface area contributed by atoms with Crippen molar-refractivity contribution in [3.05, 3.63) is 0 Å². The van der Waals surface area contributed by atoms with Crippen LogP contribution in [0.5, 0.6) is 0 Å². The molecule has 0 aliphatic heterocycles. The van der Waals surface area contributed by atoms with E-state index in [9.17, 15) is 4.79 Å². The van der Waals surface area contributed by atoms with Crippen molar-refractivity contribution in [2.24, 2.45) is 11.5 Å². The number of carbonyl (C=O) groups is 1. The van der Waals surface area contributed by atoms with Crippen molar-refractivity contribution in [2.75, 3.05) is 6.54 Å². The van der Waals surface area contributed by atoms with E-state index in [1.807, 2.05) is 0 Å². The van der Waals surface area contributed by atoms with Crippen molar-refractivity contribution >= 4 is 5.91 Å². The van der Waals surface area contributed by atoms with Crippen LogP contribution in [-0.2, 0) is 4.79 Å². The van der Waals surface area contributed by atoms with Gasteiger partial charge in [0.25, 0.3) is 0 Å². The van der Waals surface area contributed by atoms with Crippen LogP contribution in [0, 0.1) is 0 Å². The lowest BCUT2D eigenvalue weighted by atomic mass is 9.95. The fraction of sp³-hybridized carbons (Fsp3) is 0.909. The Balaban J connectivity index is 2.20. The average molecular weight is 213 g/mol. The fourth-order valence-electron chi connectivity index (χ4n) is 2.02. The summed E-state index contributed by atoms with van der Waals surface area (Å²) in [5, 5.41) is 3.02. The molecule has 88 valence electrons. The molecule has 1 rings (SSSR count). The number of hydrogen-bond donors (Lipinski definition) is 3. The van der Waals surface area contributed by atoms with Crippen LogP contribution in [0.25, 0.3) is 0 Å². The monoisotopic (exact) mass is 213 g/mol. The maximum atomic E-state index is 11.6. The van der Waals surface area contributed by atoms with E-state index in [2.05, 4.69) is 5.32 Å². The first-order valence-electron chi connectivity index (χ1n) is 6.00. The summed E-state index contributed by atoms with van der Waals surface area (Å²) in [7, 11) is 0. The predicted octanol–water partition coefficient (Wildman–Crippen LogP) is 0.502. The van der Waals surface area contributed by atoms with Crippen molar-refractivity contribution < 1.29 is 4.79 Å². The van der Waals surface area contributed by atoms with Crippen molar-refractivity contribution in [3.8, 4) is 0 Å². The molecule has 1 unspecified atom stereocenters. The number of carbonyl (C=O) groups excluding carboxylic acids is 1. The Hall–Kier alpha value is -0.610. The van der Waals surface area contributed by atoms with Gasteiger partial charge in [-0.15, -0.1) is 0 Å². The zero-order valence-corrected chi connectivity index (χ0v) is 9.37. The Kier molecular flexibility index (Phi) is 5.65. The van der Waals surface area contributed by atoms with Crippen LogP contribution in [-0.4, -0.2) is 24.5 Å². The van der Waals surface area contributed by atoms with Crippen LogP contribution in [0.4, 0.5) is 0 Å². The van der Waals surface area contributed by atoms with Crippen LogP contribution >= 0.6 is 0 Å². The maximum absolute atomic E-state index is 11.6. The van der Waals surface area contributed by atoms with Crippen molar-refractivity contribution in [3.63, 3.8) is 0 Å². The summed E-state index contributed by atoms with van der Waals surface area (Å²) in [5.41, 5.74) is 11.1. The van der Waals surface area contributed by atoms with E-state index in [0.29, 0.717) is 19.0 Å².